The van der Waals surface area contributed by atoms with Gasteiger partial charge in [0.05, 0.1) is 16.8 Å². The van der Waals surface area contributed by atoms with Gasteiger partial charge < -0.3 is 23.7 Å². The second-order valence-electron chi connectivity index (χ2n) is 6.01. The summed E-state index contributed by atoms with van der Waals surface area (Å²) < 4.78 is 28.5. The number of hydrogen-bond donors (Lipinski definition) is 0. The molecular weight excluding hydrogens is 391 g/mol. The van der Waals surface area contributed by atoms with Crippen molar-refractivity contribution in [1.82, 2.24) is 0 Å². The summed E-state index contributed by atoms with van der Waals surface area (Å²) in [7, 11) is 0. The van der Waals surface area contributed by atoms with Crippen molar-refractivity contribution in [3.8, 4) is 0 Å². The van der Waals surface area contributed by atoms with E-state index in [1.165, 1.54) is 0 Å². The lowest BCUT2D eigenvalue weighted by Crippen LogP contribution is -2.45. The molecule has 0 aromatic rings. The lowest BCUT2D eigenvalue weighted by atomic mass is 10.1. The van der Waals surface area contributed by atoms with Crippen molar-refractivity contribution >= 4 is 28.6 Å². The minimum Gasteiger partial charge on any atom is -0.453 e. The van der Waals surface area contributed by atoms with E-state index in [0.717, 1.165) is 0 Å². The number of carbonyl (C=O) groups excluding carboxylic acids is 1. The third-order valence-corrected chi connectivity index (χ3v) is 3.70. The number of halogens is 1. The molecule has 2 fully saturated rings. The predicted molar refractivity (Wildman–Crippen MR) is 82.8 cm³/mol. The van der Waals surface area contributed by atoms with Crippen LogP contribution in [0.3, 0.4) is 0 Å². The van der Waals surface area contributed by atoms with Crippen molar-refractivity contribution in [1.29, 1.82) is 0 Å². The van der Waals surface area contributed by atoms with Crippen molar-refractivity contribution < 1.29 is 28.5 Å². The zero-order chi connectivity index (χ0) is 15.8. The minimum absolute atomic E-state index is 0.300. The standard InChI is InChI=1S/C14H21IO6/c1-8(15)12(16)19-11(9-6-17-13(2,3)20-9)10-7-18-14(4,5)21-10/h9-11H,1,6-7H2,2-5H3. The van der Waals surface area contributed by atoms with Crippen LogP contribution in [-0.2, 0) is 28.5 Å². The second kappa shape index (κ2) is 6.11. The fraction of sp³-hybridized carbons (Fsp3) is 0.786. The average molecular weight is 412 g/mol. The van der Waals surface area contributed by atoms with Gasteiger partial charge in [-0.3, -0.25) is 0 Å². The summed E-state index contributed by atoms with van der Waals surface area (Å²) in [6.45, 7) is 11.5. The quantitative estimate of drug-likeness (QED) is 0.401. The van der Waals surface area contributed by atoms with E-state index < -0.39 is 35.9 Å². The Bertz CT molecular complexity index is 407. The molecule has 2 saturated heterocycles. The molecule has 0 aromatic heterocycles. The Morgan fingerprint density at radius 2 is 1.57 bits per heavy atom. The number of rotatable bonds is 4. The molecule has 0 aromatic carbocycles. The molecule has 0 amide bonds. The molecule has 2 heterocycles. The first kappa shape index (κ1) is 17.1. The van der Waals surface area contributed by atoms with Gasteiger partial charge in [0.2, 0.25) is 0 Å². The average Bonchev–Trinajstić information content (AvgIpc) is 2.88. The molecule has 2 unspecified atom stereocenters. The first-order valence-corrected chi connectivity index (χ1v) is 7.86. The smallest absolute Gasteiger partial charge is 0.344 e. The van der Waals surface area contributed by atoms with Gasteiger partial charge in [-0.1, -0.05) is 6.58 Å². The fourth-order valence-corrected chi connectivity index (χ4v) is 2.46. The van der Waals surface area contributed by atoms with Gasteiger partial charge in [-0.25, -0.2) is 4.79 Å². The first-order valence-electron chi connectivity index (χ1n) is 6.78. The first-order chi connectivity index (χ1) is 9.60. The monoisotopic (exact) mass is 412 g/mol. The van der Waals surface area contributed by atoms with Gasteiger partial charge >= 0.3 is 5.97 Å². The minimum atomic E-state index is -0.703. The van der Waals surface area contributed by atoms with E-state index in [-0.39, 0.29) is 0 Å². The van der Waals surface area contributed by atoms with Crippen LogP contribution in [0.4, 0.5) is 0 Å². The molecule has 0 N–H and O–H groups in total. The van der Waals surface area contributed by atoms with Crippen LogP contribution < -0.4 is 0 Å². The van der Waals surface area contributed by atoms with Crippen molar-refractivity contribution in [3.05, 3.63) is 10.2 Å². The van der Waals surface area contributed by atoms with Gasteiger partial charge in [0, 0.05) is 0 Å². The van der Waals surface area contributed by atoms with Crippen LogP contribution in [0.15, 0.2) is 10.2 Å². The van der Waals surface area contributed by atoms with E-state index in [9.17, 15) is 4.79 Å². The summed E-state index contributed by atoms with van der Waals surface area (Å²) in [6, 6.07) is 0. The molecule has 6 nitrogen and oxygen atoms in total. The van der Waals surface area contributed by atoms with Crippen molar-refractivity contribution in [2.75, 3.05) is 13.2 Å². The van der Waals surface area contributed by atoms with Gasteiger partial charge in [0.15, 0.2) is 17.7 Å². The molecule has 0 aliphatic carbocycles. The summed E-state index contributed by atoms with van der Waals surface area (Å²) in [5, 5.41) is 0. The van der Waals surface area contributed by atoms with E-state index in [2.05, 4.69) is 6.58 Å². The van der Waals surface area contributed by atoms with Crippen LogP contribution in [0, 0.1) is 0 Å². The number of esters is 1. The number of carbonyl (C=O) groups is 1. The molecule has 2 rings (SSSR count). The van der Waals surface area contributed by atoms with E-state index in [1.54, 1.807) is 0 Å². The van der Waals surface area contributed by atoms with Crippen LogP contribution in [0.2, 0.25) is 0 Å². The van der Waals surface area contributed by atoms with Crippen LogP contribution in [0.5, 0.6) is 0 Å². The number of ether oxygens (including phenoxy) is 5. The Morgan fingerprint density at radius 1 is 1.14 bits per heavy atom. The maximum absolute atomic E-state index is 11.9. The summed E-state index contributed by atoms with van der Waals surface area (Å²) in [5.74, 6) is -1.89. The van der Waals surface area contributed by atoms with Gasteiger partial charge in [-0.05, 0) is 50.3 Å². The Labute approximate surface area is 138 Å². The third-order valence-electron chi connectivity index (χ3n) is 3.26. The van der Waals surface area contributed by atoms with Gasteiger partial charge in [0.25, 0.3) is 0 Å². The highest BCUT2D eigenvalue weighted by Crippen LogP contribution is 2.32. The molecule has 0 bridgehead atoms. The molecule has 120 valence electrons. The van der Waals surface area contributed by atoms with Crippen LogP contribution in [0.25, 0.3) is 0 Å². The Balaban J connectivity index is 2.11. The van der Waals surface area contributed by atoms with E-state index >= 15 is 0 Å². The van der Waals surface area contributed by atoms with Crippen LogP contribution in [-0.4, -0.2) is 49.1 Å². The number of hydrogen-bond acceptors (Lipinski definition) is 6. The van der Waals surface area contributed by atoms with Crippen molar-refractivity contribution in [2.45, 2.75) is 57.6 Å². The second-order valence-corrected chi connectivity index (χ2v) is 7.31. The van der Waals surface area contributed by atoms with E-state index in [1.807, 2.05) is 50.3 Å². The zero-order valence-electron chi connectivity index (χ0n) is 12.7. The Kier molecular flexibility index (Phi) is 4.99. The maximum Gasteiger partial charge on any atom is 0.344 e. The van der Waals surface area contributed by atoms with E-state index in [4.69, 9.17) is 23.7 Å². The lowest BCUT2D eigenvalue weighted by Gasteiger charge is -2.28. The molecule has 0 spiro atoms. The topological polar surface area (TPSA) is 63.2 Å². The zero-order valence-corrected chi connectivity index (χ0v) is 14.8. The fourth-order valence-electron chi connectivity index (χ4n) is 2.33. The summed E-state index contributed by atoms with van der Waals surface area (Å²) in [4.78, 5) is 11.9. The molecule has 2 atom stereocenters. The molecule has 0 radical (unpaired) electrons. The molecule has 0 saturated carbocycles. The summed E-state index contributed by atoms with van der Waals surface area (Å²) >= 11 is 1.83. The summed E-state index contributed by atoms with van der Waals surface area (Å²) in [5.41, 5.74) is 0. The molecule has 7 heteroatoms. The van der Waals surface area contributed by atoms with Crippen molar-refractivity contribution in [3.63, 3.8) is 0 Å². The van der Waals surface area contributed by atoms with Gasteiger partial charge in [0.1, 0.15) is 12.2 Å². The highest BCUT2D eigenvalue weighted by atomic mass is 127. The van der Waals surface area contributed by atoms with Gasteiger partial charge in [-0.2, -0.15) is 0 Å². The maximum atomic E-state index is 11.9. The highest BCUT2D eigenvalue weighted by molar-refractivity contribution is 14.1. The molecular formula is C14H21IO6. The predicted octanol–water partition coefficient (Wildman–Crippen LogP) is 2.15. The van der Waals surface area contributed by atoms with Crippen LogP contribution >= 0.6 is 22.6 Å². The highest BCUT2D eigenvalue weighted by Gasteiger charge is 2.47. The Morgan fingerprint density at radius 3 is 1.86 bits per heavy atom. The third kappa shape index (κ3) is 4.38. The van der Waals surface area contributed by atoms with E-state index in [0.29, 0.717) is 16.8 Å². The Hall–Kier alpha value is -0.220. The van der Waals surface area contributed by atoms with Crippen molar-refractivity contribution in [2.24, 2.45) is 0 Å². The van der Waals surface area contributed by atoms with Gasteiger partial charge in [-0.15, -0.1) is 0 Å². The molecule has 2 aliphatic rings. The van der Waals surface area contributed by atoms with Crippen LogP contribution in [0.1, 0.15) is 27.7 Å². The SMILES string of the molecule is C=C(I)C(=O)OC(C1COC(C)(C)O1)C1COC(C)(C)O1. The largest absolute Gasteiger partial charge is 0.453 e. The molecule has 2 aliphatic heterocycles. The molecule has 21 heavy (non-hydrogen) atoms. The normalized spacial score (nSPS) is 31.9. The lowest BCUT2D eigenvalue weighted by molar-refractivity contribution is -0.192. The summed E-state index contributed by atoms with van der Waals surface area (Å²) in [6.07, 6.45) is -1.41.